The van der Waals surface area contributed by atoms with Crippen molar-refractivity contribution in [2.45, 2.75) is 302 Å². The molecular formula is C51H101NO5. The van der Waals surface area contributed by atoms with Crippen LogP contribution in [0.3, 0.4) is 0 Å². The van der Waals surface area contributed by atoms with Crippen molar-refractivity contribution in [1.29, 1.82) is 0 Å². The number of aliphatic hydroxyl groups excluding tert-OH is 2. The molecular weight excluding hydrogens is 707 g/mol. The molecule has 1 amide bonds. The van der Waals surface area contributed by atoms with Gasteiger partial charge >= 0.3 is 5.97 Å². The minimum Gasteiger partial charge on any atom is -0.466 e. The highest BCUT2D eigenvalue weighted by Crippen LogP contribution is 2.17. The van der Waals surface area contributed by atoms with Crippen molar-refractivity contribution in [3.63, 3.8) is 0 Å². The lowest BCUT2D eigenvalue weighted by atomic mass is 10.0. The summed E-state index contributed by atoms with van der Waals surface area (Å²) in [5, 5.41) is 23.2. The monoisotopic (exact) mass is 808 g/mol. The van der Waals surface area contributed by atoms with Crippen LogP contribution in [0, 0.1) is 0 Å². The molecule has 0 aliphatic rings. The Labute approximate surface area is 356 Å². The fourth-order valence-corrected chi connectivity index (χ4v) is 8.17. The summed E-state index contributed by atoms with van der Waals surface area (Å²) in [5.41, 5.74) is 0. The molecule has 340 valence electrons. The van der Waals surface area contributed by atoms with Gasteiger partial charge in [-0.25, -0.2) is 0 Å². The molecule has 0 aromatic rings. The first-order chi connectivity index (χ1) is 28.0. The molecule has 0 aliphatic heterocycles. The highest BCUT2D eigenvalue weighted by Gasteiger charge is 2.20. The molecule has 0 aliphatic carbocycles. The van der Waals surface area contributed by atoms with Crippen molar-refractivity contribution in [1.82, 2.24) is 5.32 Å². The lowest BCUT2D eigenvalue weighted by Gasteiger charge is -2.22. The molecule has 0 aromatic heterocycles. The predicted molar refractivity (Wildman–Crippen MR) is 246 cm³/mol. The zero-order valence-electron chi connectivity index (χ0n) is 38.6. The number of carbonyl (C=O) groups is 2. The van der Waals surface area contributed by atoms with E-state index in [0.717, 1.165) is 38.5 Å². The van der Waals surface area contributed by atoms with Crippen LogP contribution in [0.25, 0.3) is 0 Å². The maximum absolute atomic E-state index is 12.4. The van der Waals surface area contributed by atoms with Gasteiger partial charge < -0.3 is 20.3 Å². The topological polar surface area (TPSA) is 95.9 Å². The van der Waals surface area contributed by atoms with E-state index in [1.807, 2.05) is 0 Å². The average Bonchev–Trinajstić information content (AvgIpc) is 3.21. The standard InChI is InChI=1S/C51H101NO5/c1-3-5-7-9-11-13-15-24-27-31-35-39-43-49(54)48(47-53)52-50(55)44-40-36-32-28-25-21-19-17-16-18-20-22-26-30-34-38-42-46-57-51(56)45-41-37-33-29-23-14-12-10-8-6-4-2/h48-49,53-54H,3-47H2,1-2H3,(H,52,55). The van der Waals surface area contributed by atoms with Gasteiger partial charge in [-0.3, -0.25) is 9.59 Å². The van der Waals surface area contributed by atoms with Gasteiger partial charge in [0.1, 0.15) is 0 Å². The average molecular weight is 808 g/mol. The molecule has 3 N–H and O–H groups in total. The number of unbranched alkanes of at least 4 members (excludes halogenated alkanes) is 37. The molecule has 0 rings (SSSR count). The molecule has 0 saturated carbocycles. The van der Waals surface area contributed by atoms with Crippen molar-refractivity contribution >= 4 is 11.9 Å². The molecule has 6 nitrogen and oxygen atoms in total. The maximum Gasteiger partial charge on any atom is 0.305 e. The van der Waals surface area contributed by atoms with Crippen LogP contribution in [0.2, 0.25) is 0 Å². The molecule has 0 radical (unpaired) electrons. The second-order valence-corrected chi connectivity index (χ2v) is 17.9. The van der Waals surface area contributed by atoms with Gasteiger partial charge in [0.15, 0.2) is 0 Å². The van der Waals surface area contributed by atoms with Gasteiger partial charge in [0.05, 0.1) is 25.4 Å². The summed E-state index contributed by atoms with van der Waals surface area (Å²) >= 11 is 0. The van der Waals surface area contributed by atoms with E-state index in [-0.39, 0.29) is 18.5 Å². The Bertz CT molecular complexity index is 806. The first kappa shape index (κ1) is 55.9. The quantitative estimate of drug-likeness (QED) is 0.0420. The van der Waals surface area contributed by atoms with Crippen LogP contribution in [0.4, 0.5) is 0 Å². The largest absolute Gasteiger partial charge is 0.466 e. The summed E-state index contributed by atoms with van der Waals surface area (Å²) in [5.74, 6) is -0.0342. The van der Waals surface area contributed by atoms with Crippen LogP contribution >= 0.6 is 0 Å². The summed E-state index contributed by atoms with van der Waals surface area (Å²) < 4.78 is 5.45. The van der Waals surface area contributed by atoms with Gasteiger partial charge in [0.25, 0.3) is 0 Å². The molecule has 2 unspecified atom stereocenters. The smallest absolute Gasteiger partial charge is 0.305 e. The third-order valence-electron chi connectivity index (χ3n) is 12.2. The number of rotatable bonds is 48. The molecule has 0 spiro atoms. The van der Waals surface area contributed by atoms with E-state index in [2.05, 4.69) is 19.2 Å². The summed E-state index contributed by atoms with van der Waals surface area (Å²) in [4.78, 5) is 24.4. The number of aliphatic hydroxyl groups is 2. The van der Waals surface area contributed by atoms with Gasteiger partial charge in [0, 0.05) is 12.8 Å². The highest BCUT2D eigenvalue weighted by molar-refractivity contribution is 5.76. The summed E-state index contributed by atoms with van der Waals surface area (Å²) in [6.45, 7) is 4.94. The number of hydrogen-bond acceptors (Lipinski definition) is 5. The molecule has 0 saturated heterocycles. The molecule has 57 heavy (non-hydrogen) atoms. The number of amides is 1. The van der Waals surface area contributed by atoms with Crippen LogP contribution in [0.15, 0.2) is 0 Å². The first-order valence-electron chi connectivity index (χ1n) is 25.8. The number of hydrogen-bond donors (Lipinski definition) is 3. The lowest BCUT2D eigenvalue weighted by molar-refractivity contribution is -0.143. The number of nitrogens with one attached hydrogen (secondary N) is 1. The van der Waals surface area contributed by atoms with Crippen molar-refractivity contribution in [2.75, 3.05) is 13.2 Å². The van der Waals surface area contributed by atoms with Gasteiger partial charge in [-0.2, -0.15) is 0 Å². The molecule has 0 fully saturated rings. The van der Waals surface area contributed by atoms with E-state index in [1.165, 1.54) is 218 Å². The predicted octanol–water partition coefficient (Wildman–Crippen LogP) is 15.2. The van der Waals surface area contributed by atoms with Crippen LogP contribution in [0.1, 0.15) is 290 Å². The van der Waals surface area contributed by atoms with Crippen molar-refractivity contribution in [3.05, 3.63) is 0 Å². The Morgan fingerprint density at radius 2 is 0.719 bits per heavy atom. The maximum atomic E-state index is 12.4. The third kappa shape index (κ3) is 44.2. The summed E-state index contributed by atoms with van der Waals surface area (Å²) in [6.07, 6.45) is 52.1. The molecule has 0 aromatic carbocycles. The van der Waals surface area contributed by atoms with Crippen molar-refractivity contribution in [2.24, 2.45) is 0 Å². The van der Waals surface area contributed by atoms with Gasteiger partial charge in [0.2, 0.25) is 5.91 Å². The minimum atomic E-state index is -0.665. The van der Waals surface area contributed by atoms with Crippen molar-refractivity contribution < 1.29 is 24.5 Å². The van der Waals surface area contributed by atoms with E-state index < -0.39 is 12.1 Å². The van der Waals surface area contributed by atoms with Gasteiger partial charge in [-0.05, 0) is 25.7 Å². The van der Waals surface area contributed by atoms with Gasteiger partial charge in [-0.15, -0.1) is 0 Å². The first-order valence-corrected chi connectivity index (χ1v) is 25.8. The fraction of sp³-hybridized carbons (Fsp3) is 0.961. The van der Waals surface area contributed by atoms with E-state index in [1.54, 1.807) is 0 Å². The fourth-order valence-electron chi connectivity index (χ4n) is 8.17. The van der Waals surface area contributed by atoms with Crippen LogP contribution in [0.5, 0.6) is 0 Å². The Hall–Kier alpha value is -1.14. The van der Waals surface area contributed by atoms with E-state index >= 15 is 0 Å². The second kappa shape index (κ2) is 47.5. The highest BCUT2D eigenvalue weighted by atomic mass is 16.5. The van der Waals surface area contributed by atoms with Crippen LogP contribution < -0.4 is 5.32 Å². The number of esters is 1. The molecule has 0 bridgehead atoms. The normalized spacial score (nSPS) is 12.6. The number of ether oxygens (including phenoxy) is 1. The van der Waals surface area contributed by atoms with Crippen molar-refractivity contribution in [3.8, 4) is 0 Å². The minimum absolute atomic E-state index is 0.00541. The lowest BCUT2D eigenvalue weighted by Crippen LogP contribution is -2.45. The molecule has 0 heterocycles. The third-order valence-corrected chi connectivity index (χ3v) is 12.2. The number of carbonyl (C=O) groups excluding carboxylic acids is 2. The Balaban J connectivity index is 3.40. The Morgan fingerprint density at radius 1 is 0.421 bits per heavy atom. The SMILES string of the molecule is CCCCCCCCCCCCCCC(O)C(CO)NC(=O)CCCCCCCCCCCCCCCCCCCOC(=O)CCCCCCCCCCCCC. The van der Waals surface area contributed by atoms with E-state index in [4.69, 9.17) is 4.74 Å². The zero-order valence-corrected chi connectivity index (χ0v) is 38.6. The molecule has 2 atom stereocenters. The zero-order chi connectivity index (χ0) is 41.5. The summed E-state index contributed by atoms with van der Waals surface area (Å²) in [6, 6.07) is -0.542. The van der Waals surface area contributed by atoms with Gasteiger partial charge in [-0.1, -0.05) is 251 Å². The van der Waals surface area contributed by atoms with Crippen LogP contribution in [-0.2, 0) is 14.3 Å². The van der Waals surface area contributed by atoms with E-state index in [0.29, 0.717) is 25.9 Å². The summed E-state index contributed by atoms with van der Waals surface area (Å²) in [7, 11) is 0. The molecule has 6 heteroatoms. The Morgan fingerprint density at radius 3 is 1.07 bits per heavy atom. The van der Waals surface area contributed by atoms with E-state index in [9.17, 15) is 19.8 Å². The second-order valence-electron chi connectivity index (χ2n) is 17.9. The van der Waals surface area contributed by atoms with Crippen LogP contribution in [-0.4, -0.2) is 47.4 Å². The Kier molecular flexibility index (Phi) is 46.6.